The highest BCUT2D eigenvalue weighted by Gasteiger charge is 2.41. The summed E-state index contributed by atoms with van der Waals surface area (Å²) in [6.45, 7) is 8.02. The van der Waals surface area contributed by atoms with E-state index in [1.807, 2.05) is 40.1 Å². The minimum Gasteiger partial charge on any atom is -0.372 e. The predicted molar refractivity (Wildman–Crippen MR) is 107 cm³/mol. The largest absolute Gasteiger partial charge is 0.372 e. The lowest BCUT2D eigenvalue weighted by molar-refractivity contribution is -0.145. The van der Waals surface area contributed by atoms with Crippen LogP contribution in [0.2, 0.25) is 0 Å². The number of piperidine rings is 1. The Balaban J connectivity index is 1.45. The van der Waals surface area contributed by atoms with Crippen LogP contribution < -0.4 is 0 Å². The molecule has 0 N–H and O–H groups in total. The van der Waals surface area contributed by atoms with Gasteiger partial charge in [0.1, 0.15) is 6.61 Å². The molecule has 0 radical (unpaired) electrons. The van der Waals surface area contributed by atoms with Gasteiger partial charge in [-0.1, -0.05) is 44.2 Å². The van der Waals surface area contributed by atoms with Gasteiger partial charge in [-0.15, -0.1) is 0 Å². The van der Waals surface area contributed by atoms with Gasteiger partial charge in [-0.25, -0.2) is 0 Å². The van der Waals surface area contributed by atoms with Gasteiger partial charge in [-0.2, -0.15) is 0 Å². The van der Waals surface area contributed by atoms with Crippen molar-refractivity contribution in [1.29, 1.82) is 0 Å². The Kier molecular flexibility index (Phi) is 7.08. The molecule has 2 fully saturated rings. The number of carbonyl (C=O) groups is 2. The predicted octanol–water partition coefficient (Wildman–Crippen LogP) is 2.47. The summed E-state index contributed by atoms with van der Waals surface area (Å²) in [6, 6.07) is 9.85. The molecule has 3 rings (SSSR count). The molecule has 2 aliphatic rings. The molecule has 0 aliphatic carbocycles. The van der Waals surface area contributed by atoms with E-state index in [9.17, 15) is 9.59 Å². The number of ether oxygens (including phenoxy) is 2. The number of hydrogen-bond donors (Lipinski definition) is 0. The van der Waals surface area contributed by atoms with Crippen molar-refractivity contribution in [1.82, 2.24) is 9.80 Å². The van der Waals surface area contributed by atoms with Gasteiger partial charge in [0.05, 0.1) is 25.2 Å². The van der Waals surface area contributed by atoms with Crippen molar-refractivity contribution in [2.24, 2.45) is 5.92 Å². The lowest BCUT2D eigenvalue weighted by Gasteiger charge is -2.40. The molecule has 1 aromatic rings. The second-order valence-electron chi connectivity index (χ2n) is 8.30. The molecule has 28 heavy (non-hydrogen) atoms. The zero-order chi connectivity index (χ0) is 20.0. The number of nitrogens with zero attached hydrogens (tertiary/aromatic N) is 2. The van der Waals surface area contributed by atoms with Crippen molar-refractivity contribution in [3.8, 4) is 0 Å². The van der Waals surface area contributed by atoms with E-state index in [1.54, 1.807) is 0 Å². The van der Waals surface area contributed by atoms with E-state index < -0.39 is 5.60 Å². The van der Waals surface area contributed by atoms with Gasteiger partial charge < -0.3 is 19.3 Å². The maximum absolute atomic E-state index is 12.7. The average Bonchev–Trinajstić information content (AvgIpc) is 2.82. The molecule has 2 heterocycles. The first-order valence-electron chi connectivity index (χ1n) is 10.3. The van der Waals surface area contributed by atoms with Gasteiger partial charge in [0.2, 0.25) is 11.8 Å². The van der Waals surface area contributed by atoms with Gasteiger partial charge in [0.15, 0.2) is 0 Å². The van der Waals surface area contributed by atoms with E-state index in [2.05, 4.69) is 13.8 Å². The summed E-state index contributed by atoms with van der Waals surface area (Å²) in [5.74, 6) is 0.637. The zero-order valence-electron chi connectivity index (χ0n) is 17.1. The van der Waals surface area contributed by atoms with Crippen molar-refractivity contribution >= 4 is 11.8 Å². The van der Waals surface area contributed by atoms with Gasteiger partial charge in [-0.3, -0.25) is 9.59 Å². The first-order chi connectivity index (χ1) is 13.5. The van der Waals surface area contributed by atoms with Crippen LogP contribution in [0.5, 0.6) is 0 Å². The summed E-state index contributed by atoms with van der Waals surface area (Å²) in [7, 11) is 0. The van der Waals surface area contributed by atoms with Crippen LogP contribution in [0.1, 0.15) is 38.7 Å². The van der Waals surface area contributed by atoms with Crippen LogP contribution >= 0.6 is 0 Å². The van der Waals surface area contributed by atoms with Crippen LogP contribution in [0.15, 0.2) is 30.3 Å². The van der Waals surface area contributed by atoms with Crippen LogP contribution in [0.4, 0.5) is 0 Å². The molecule has 1 aromatic carbocycles. The lowest BCUT2D eigenvalue weighted by Crippen LogP contribution is -2.49. The summed E-state index contributed by atoms with van der Waals surface area (Å²) < 4.78 is 11.7. The standard InChI is InChI=1S/C22H32N2O4/c1-18(2)15-24-12-13-28-22(14-20(24)25)8-10-23(11-9-22)21(26)17-27-16-19-6-4-3-5-7-19/h3-7,18H,8-17H2,1-2H3. The molecule has 154 valence electrons. The Morgan fingerprint density at radius 3 is 2.57 bits per heavy atom. The molecule has 2 saturated heterocycles. The van der Waals surface area contributed by atoms with Crippen LogP contribution in [-0.2, 0) is 25.7 Å². The summed E-state index contributed by atoms with van der Waals surface area (Å²) >= 11 is 0. The van der Waals surface area contributed by atoms with Crippen molar-refractivity contribution in [2.45, 2.75) is 45.3 Å². The molecule has 0 aromatic heterocycles. The third-order valence-corrected chi connectivity index (χ3v) is 5.55. The summed E-state index contributed by atoms with van der Waals surface area (Å²) in [5, 5.41) is 0. The number of hydrogen-bond acceptors (Lipinski definition) is 4. The summed E-state index contributed by atoms with van der Waals surface area (Å²) in [6.07, 6.45) is 1.84. The second-order valence-corrected chi connectivity index (χ2v) is 8.30. The van der Waals surface area contributed by atoms with Gasteiger partial charge >= 0.3 is 0 Å². The zero-order valence-corrected chi connectivity index (χ0v) is 17.1. The number of benzene rings is 1. The number of amides is 2. The molecule has 6 heteroatoms. The topological polar surface area (TPSA) is 59.1 Å². The third kappa shape index (κ3) is 5.55. The summed E-state index contributed by atoms with van der Waals surface area (Å²) in [4.78, 5) is 28.9. The molecule has 2 amide bonds. The maximum atomic E-state index is 12.7. The first kappa shape index (κ1) is 20.8. The van der Waals surface area contributed by atoms with Crippen molar-refractivity contribution in [3.05, 3.63) is 35.9 Å². The normalized spacial score (nSPS) is 19.9. The Labute approximate surface area is 167 Å². The molecule has 0 atom stereocenters. The molecular weight excluding hydrogens is 356 g/mol. The van der Waals surface area contributed by atoms with E-state index in [0.717, 1.165) is 12.1 Å². The lowest BCUT2D eigenvalue weighted by atomic mass is 9.87. The molecule has 0 bridgehead atoms. The quantitative estimate of drug-likeness (QED) is 0.751. The Morgan fingerprint density at radius 2 is 1.89 bits per heavy atom. The third-order valence-electron chi connectivity index (χ3n) is 5.55. The monoisotopic (exact) mass is 388 g/mol. The van der Waals surface area contributed by atoms with Crippen molar-refractivity contribution in [3.63, 3.8) is 0 Å². The molecular formula is C22H32N2O4. The molecule has 6 nitrogen and oxygen atoms in total. The molecule has 1 spiro atoms. The fourth-order valence-electron chi connectivity index (χ4n) is 3.98. The minimum atomic E-state index is -0.412. The van der Waals surface area contributed by atoms with Crippen LogP contribution in [-0.4, -0.2) is 66.6 Å². The van der Waals surface area contributed by atoms with Gasteiger partial charge in [0.25, 0.3) is 0 Å². The van der Waals surface area contributed by atoms with Crippen LogP contribution in [0.25, 0.3) is 0 Å². The average molecular weight is 389 g/mol. The number of rotatable bonds is 6. The maximum Gasteiger partial charge on any atom is 0.248 e. The fourth-order valence-corrected chi connectivity index (χ4v) is 3.98. The minimum absolute atomic E-state index is 0.00663. The Bertz CT molecular complexity index is 654. The summed E-state index contributed by atoms with van der Waals surface area (Å²) in [5.41, 5.74) is 0.647. The Morgan fingerprint density at radius 1 is 1.18 bits per heavy atom. The van der Waals surface area contributed by atoms with Crippen LogP contribution in [0, 0.1) is 5.92 Å². The van der Waals surface area contributed by atoms with E-state index in [0.29, 0.717) is 58.0 Å². The Hall–Kier alpha value is -1.92. The van der Waals surface area contributed by atoms with Crippen molar-refractivity contribution in [2.75, 3.05) is 39.4 Å². The highest BCUT2D eigenvalue weighted by Crippen LogP contribution is 2.32. The highest BCUT2D eigenvalue weighted by atomic mass is 16.5. The highest BCUT2D eigenvalue weighted by molar-refractivity contribution is 5.79. The fraction of sp³-hybridized carbons (Fsp3) is 0.636. The smallest absolute Gasteiger partial charge is 0.248 e. The molecule has 2 aliphatic heterocycles. The number of likely N-dealkylation sites (tertiary alicyclic amines) is 1. The second kappa shape index (κ2) is 9.52. The SMILES string of the molecule is CC(C)CN1CCOC2(CCN(C(=O)COCc3ccccc3)CC2)CC1=O. The van der Waals surface area contributed by atoms with Crippen molar-refractivity contribution < 1.29 is 19.1 Å². The number of carbonyl (C=O) groups excluding carboxylic acids is 2. The van der Waals surface area contributed by atoms with E-state index in [1.165, 1.54) is 0 Å². The molecule has 0 unspecified atom stereocenters. The van der Waals surface area contributed by atoms with E-state index in [4.69, 9.17) is 9.47 Å². The first-order valence-corrected chi connectivity index (χ1v) is 10.3. The van der Waals surface area contributed by atoms with E-state index >= 15 is 0 Å². The molecule has 0 saturated carbocycles. The van der Waals surface area contributed by atoms with Gasteiger partial charge in [-0.05, 0) is 24.3 Å². The van der Waals surface area contributed by atoms with E-state index in [-0.39, 0.29) is 18.4 Å². The van der Waals surface area contributed by atoms with Crippen LogP contribution in [0.3, 0.4) is 0 Å². The van der Waals surface area contributed by atoms with Gasteiger partial charge in [0, 0.05) is 26.2 Å².